The van der Waals surface area contributed by atoms with Gasteiger partial charge in [-0.1, -0.05) is 19.7 Å². The minimum absolute atomic E-state index is 0.0486. The van der Waals surface area contributed by atoms with Crippen LogP contribution in [0.5, 0.6) is 0 Å². The fraction of sp³-hybridized carbons (Fsp3) is 0.250. The smallest absolute Gasteiger partial charge is 0.331 e. The SMILES string of the molecule is C=C(C)C(=O)O.C=C(CCO)C(=O)O.C=CC(N)=O. The van der Waals surface area contributed by atoms with Gasteiger partial charge in [0.1, 0.15) is 0 Å². The highest BCUT2D eigenvalue weighted by Crippen LogP contribution is 1.94. The maximum atomic E-state index is 9.88. The van der Waals surface area contributed by atoms with Crippen LogP contribution in [0.2, 0.25) is 0 Å². The van der Waals surface area contributed by atoms with Crippen LogP contribution in [0.1, 0.15) is 13.3 Å². The Labute approximate surface area is 111 Å². The van der Waals surface area contributed by atoms with E-state index in [2.05, 4.69) is 25.5 Å². The van der Waals surface area contributed by atoms with Gasteiger partial charge in [-0.15, -0.1) is 0 Å². The zero-order valence-corrected chi connectivity index (χ0v) is 10.8. The van der Waals surface area contributed by atoms with Crippen LogP contribution in [0.3, 0.4) is 0 Å². The summed E-state index contributed by atoms with van der Waals surface area (Å²) in [5, 5.41) is 24.2. The van der Waals surface area contributed by atoms with Gasteiger partial charge in [-0.05, 0) is 13.0 Å². The van der Waals surface area contributed by atoms with Crippen molar-refractivity contribution >= 4 is 17.8 Å². The quantitative estimate of drug-likeness (QED) is 0.532. The number of primary amides is 1. The summed E-state index contributed by atoms with van der Waals surface area (Å²) in [6, 6.07) is 0. The topological polar surface area (TPSA) is 138 Å². The van der Waals surface area contributed by atoms with Crippen LogP contribution in [0, 0.1) is 0 Å². The average molecular weight is 273 g/mol. The molecule has 0 bridgehead atoms. The van der Waals surface area contributed by atoms with Gasteiger partial charge in [0.15, 0.2) is 0 Å². The van der Waals surface area contributed by atoms with Gasteiger partial charge in [0, 0.05) is 24.2 Å². The van der Waals surface area contributed by atoms with E-state index in [0.717, 1.165) is 6.08 Å². The summed E-state index contributed by atoms with van der Waals surface area (Å²) in [4.78, 5) is 29.0. The van der Waals surface area contributed by atoms with Crippen LogP contribution in [-0.2, 0) is 14.4 Å². The molecule has 0 aliphatic heterocycles. The molecule has 0 aliphatic rings. The lowest BCUT2D eigenvalue weighted by Crippen LogP contribution is -2.04. The minimum Gasteiger partial charge on any atom is -0.478 e. The number of carboxylic acid groups (broad SMARTS) is 2. The molecule has 19 heavy (non-hydrogen) atoms. The number of carboxylic acids is 2. The molecule has 0 aromatic rings. The van der Waals surface area contributed by atoms with Crippen molar-refractivity contribution in [3.63, 3.8) is 0 Å². The highest BCUT2D eigenvalue weighted by molar-refractivity contribution is 5.85. The minimum atomic E-state index is -1.04. The third-order valence-electron chi connectivity index (χ3n) is 1.28. The van der Waals surface area contributed by atoms with Crippen molar-refractivity contribution in [1.82, 2.24) is 0 Å². The molecule has 0 atom stereocenters. The number of aliphatic hydroxyl groups is 1. The van der Waals surface area contributed by atoms with Crippen LogP contribution in [0.15, 0.2) is 37.0 Å². The molecule has 5 N–H and O–H groups in total. The number of carbonyl (C=O) groups is 3. The summed E-state index contributed by atoms with van der Waals surface area (Å²) in [5.74, 6) is -2.46. The first-order chi connectivity index (χ1) is 8.59. The Bertz CT molecular complexity index is 347. The molecule has 0 spiro atoms. The number of carbonyl (C=O) groups excluding carboxylic acids is 1. The summed E-state index contributed by atoms with van der Waals surface area (Å²) < 4.78 is 0. The van der Waals surface area contributed by atoms with Crippen LogP contribution in [0.4, 0.5) is 0 Å². The second-order valence-electron chi connectivity index (χ2n) is 3.07. The van der Waals surface area contributed by atoms with E-state index in [1.54, 1.807) is 0 Å². The first-order valence-electron chi connectivity index (χ1n) is 4.92. The summed E-state index contributed by atoms with van der Waals surface area (Å²) in [6.45, 7) is 10.7. The summed E-state index contributed by atoms with van der Waals surface area (Å²) in [7, 11) is 0. The van der Waals surface area contributed by atoms with Gasteiger partial charge in [-0.25, -0.2) is 9.59 Å². The van der Waals surface area contributed by atoms with Crippen LogP contribution < -0.4 is 5.73 Å². The Morgan fingerprint density at radius 1 is 1.16 bits per heavy atom. The number of hydrogen-bond acceptors (Lipinski definition) is 4. The van der Waals surface area contributed by atoms with Crippen LogP contribution >= 0.6 is 0 Å². The zero-order valence-electron chi connectivity index (χ0n) is 10.8. The van der Waals surface area contributed by atoms with Crippen molar-refractivity contribution in [2.24, 2.45) is 5.73 Å². The molecule has 0 fully saturated rings. The van der Waals surface area contributed by atoms with E-state index in [1.807, 2.05) is 0 Å². The molecule has 108 valence electrons. The molecular formula is C12H19NO6. The molecule has 7 nitrogen and oxygen atoms in total. The number of aliphatic hydroxyl groups excluding tert-OH is 1. The van der Waals surface area contributed by atoms with Crippen molar-refractivity contribution in [2.75, 3.05) is 6.61 Å². The van der Waals surface area contributed by atoms with E-state index in [9.17, 15) is 14.4 Å². The number of nitrogens with two attached hydrogens (primary N) is 1. The summed E-state index contributed by atoms with van der Waals surface area (Å²) in [5.41, 5.74) is 4.76. The maximum Gasteiger partial charge on any atom is 0.331 e. The van der Waals surface area contributed by atoms with Crippen molar-refractivity contribution in [2.45, 2.75) is 13.3 Å². The van der Waals surface area contributed by atoms with Gasteiger partial charge in [0.05, 0.1) is 0 Å². The molecule has 0 aromatic carbocycles. The first kappa shape index (κ1) is 21.8. The lowest BCUT2D eigenvalue weighted by Gasteiger charge is -1.91. The van der Waals surface area contributed by atoms with E-state index < -0.39 is 17.8 Å². The number of aliphatic carboxylic acids is 2. The third-order valence-corrected chi connectivity index (χ3v) is 1.28. The van der Waals surface area contributed by atoms with E-state index in [4.69, 9.17) is 15.3 Å². The number of rotatable bonds is 5. The molecule has 0 saturated heterocycles. The van der Waals surface area contributed by atoms with Gasteiger partial charge in [-0.2, -0.15) is 0 Å². The van der Waals surface area contributed by atoms with Gasteiger partial charge < -0.3 is 21.1 Å². The standard InChI is InChI=1S/C5H8O3.C4H6O2.C3H5NO/c1-4(2-3-6)5(7)8;1-3(2)4(5)6;1-2-3(4)5/h6H,1-3H2,(H,7,8);1H2,2H3,(H,5,6);2H,1H2,(H2,4,5). The monoisotopic (exact) mass is 273 g/mol. The molecular weight excluding hydrogens is 254 g/mol. The van der Waals surface area contributed by atoms with E-state index in [1.165, 1.54) is 6.92 Å². The maximum absolute atomic E-state index is 9.88. The predicted molar refractivity (Wildman–Crippen MR) is 70.3 cm³/mol. The molecule has 0 saturated carbocycles. The molecule has 0 radical (unpaired) electrons. The number of hydrogen-bond donors (Lipinski definition) is 4. The Morgan fingerprint density at radius 3 is 1.53 bits per heavy atom. The van der Waals surface area contributed by atoms with Crippen molar-refractivity contribution in [3.05, 3.63) is 37.0 Å². The van der Waals surface area contributed by atoms with Crippen molar-refractivity contribution in [1.29, 1.82) is 0 Å². The average Bonchev–Trinajstić information content (AvgIpc) is 2.30. The Morgan fingerprint density at radius 2 is 1.47 bits per heavy atom. The van der Waals surface area contributed by atoms with E-state index in [-0.39, 0.29) is 24.2 Å². The molecule has 0 aliphatic carbocycles. The van der Waals surface area contributed by atoms with Gasteiger partial charge in [0.2, 0.25) is 5.91 Å². The summed E-state index contributed by atoms with van der Waals surface area (Å²) >= 11 is 0. The van der Waals surface area contributed by atoms with Gasteiger partial charge in [-0.3, -0.25) is 4.79 Å². The normalized spacial score (nSPS) is 7.68. The Kier molecular flexibility index (Phi) is 15.7. The van der Waals surface area contributed by atoms with Gasteiger partial charge in [0.25, 0.3) is 0 Å². The predicted octanol–water partition coefficient (Wildman–Crippen LogP) is 0.314. The lowest BCUT2D eigenvalue weighted by molar-refractivity contribution is -0.133. The first-order valence-corrected chi connectivity index (χ1v) is 4.92. The Balaban J connectivity index is -0.000000209. The van der Waals surface area contributed by atoms with Crippen molar-refractivity contribution in [3.8, 4) is 0 Å². The fourth-order valence-corrected chi connectivity index (χ4v) is 0.242. The fourth-order valence-electron chi connectivity index (χ4n) is 0.242. The number of amides is 1. The van der Waals surface area contributed by atoms with Crippen molar-refractivity contribution < 1.29 is 29.7 Å². The zero-order chi connectivity index (χ0) is 16.0. The van der Waals surface area contributed by atoms with Crippen LogP contribution in [0.25, 0.3) is 0 Å². The van der Waals surface area contributed by atoms with Gasteiger partial charge >= 0.3 is 11.9 Å². The second kappa shape index (κ2) is 13.7. The van der Waals surface area contributed by atoms with E-state index in [0.29, 0.717) is 0 Å². The molecule has 1 amide bonds. The Hall–Kier alpha value is -2.41. The third kappa shape index (κ3) is 25.7. The highest BCUT2D eigenvalue weighted by Gasteiger charge is 1.99. The molecule has 0 unspecified atom stereocenters. The lowest BCUT2D eigenvalue weighted by atomic mass is 10.2. The second-order valence-corrected chi connectivity index (χ2v) is 3.07. The highest BCUT2D eigenvalue weighted by atomic mass is 16.4. The van der Waals surface area contributed by atoms with Crippen LogP contribution in [-0.4, -0.2) is 39.8 Å². The summed E-state index contributed by atoms with van der Waals surface area (Å²) in [6.07, 6.45) is 1.20. The largest absolute Gasteiger partial charge is 0.478 e. The molecule has 0 rings (SSSR count). The molecule has 7 heteroatoms. The van der Waals surface area contributed by atoms with E-state index >= 15 is 0 Å². The molecule has 0 aromatic heterocycles. The molecule has 0 heterocycles.